The lowest BCUT2D eigenvalue weighted by Crippen LogP contribution is -2.21. The van der Waals surface area contributed by atoms with Crippen LogP contribution in [0.3, 0.4) is 0 Å². The molecule has 0 N–H and O–H groups in total. The van der Waals surface area contributed by atoms with E-state index >= 15 is 0 Å². The van der Waals surface area contributed by atoms with Crippen molar-refractivity contribution in [3.8, 4) is 11.5 Å². The average Bonchev–Trinajstić information content (AvgIpc) is 2.24. The van der Waals surface area contributed by atoms with Gasteiger partial charge in [-0.2, -0.15) is 13.2 Å². The molecule has 0 aliphatic carbocycles. The number of hydrogen-bond donors (Lipinski definition) is 0. The average molecular weight is 286 g/mol. The molecule has 0 heterocycles. The summed E-state index contributed by atoms with van der Waals surface area (Å²) in [7, 11) is 0. The van der Waals surface area contributed by atoms with Gasteiger partial charge in [0.15, 0.2) is 18.1 Å². The second kappa shape index (κ2) is 5.41. The van der Waals surface area contributed by atoms with E-state index in [1.54, 1.807) is 0 Å². The van der Waals surface area contributed by atoms with Crippen LogP contribution < -0.4 is 9.47 Å². The van der Waals surface area contributed by atoms with Crippen molar-refractivity contribution >= 4 is 6.08 Å². The molecule has 0 saturated carbocycles. The summed E-state index contributed by atoms with van der Waals surface area (Å²) in [6.07, 6.45) is -8.47. The van der Waals surface area contributed by atoms with E-state index in [4.69, 9.17) is 0 Å². The van der Waals surface area contributed by atoms with Gasteiger partial charge >= 0.3 is 12.5 Å². The first-order chi connectivity index (χ1) is 8.61. The lowest BCUT2D eigenvalue weighted by atomic mass is 10.2. The van der Waals surface area contributed by atoms with Crippen LogP contribution in [0.2, 0.25) is 0 Å². The predicted molar refractivity (Wildman–Crippen MR) is 54.8 cm³/mol. The van der Waals surface area contributed by atoms with Crippen LogP contribution in [0, 0.1) is 0 Å². The van der Waals surface area contributed by atoms with E-state index in [0.29, 0.717) is 0 Å². The van der Waals surface area contributed by atoms with Gasteiger partial charge in [0.05, 0.1) is 0 Å². The molecule has 1 aromatic rings. The predicted octanol–water partition coefficient (Wildman–Crippen LogP) is 4.17. The third-order valence-corrected chi connectivity index (χ3v) is 1.82. The van der Waals surface area contributed by atoms with E-state index in [2.05, 4.69) is 16.1 Å². The molecule has 2 nitrogen and oxygen atoms in total. The van der Waals surface area contributed by atoms with E-state index < -0.39 is 30.6 Å². The fourth-order valence-electron chi connectivity index (χ4n) is 1.13. The summed E-state index contributed by atoms with van der Waals surface area (Å²) >= 11 is 0. The number of hydrogen-bond acceptors (Lipinski definition) is 2. The molecule has 0 atom stereocenters. The van der Waals surface area contributed by atoms with Crippen LogP contribution in [0.25, 0.3) is 6.08 Å². The largest absolute Gasteiger partial charge is 0.573 e. The fourth-order valence-corrected chi connectivity index (χ4v) is 1.13. The minimum atomic E-state index is -5.03. The first kappa shape index (κ1) is 15.2. The summed E-state index contributed by atoms with van der Waals surface area (Å²) < 4.78 is 80.0. The maximum atomic E-state index is 12.1. The molecule has 0 amide bonds. The topological polar surface area (TPSA) is 18.5 Å². The minimum absolute atomic E-state index is 0.249. The molecule has 0 aliphatic heterocycles. The molecule has 1 aromatic carbocycles. The molecule has 0 spiro atoms. The zero-order chi connectivity index (χ0) is 14.7. The first-order valence-corrected chi connectivity index (χ1v) is 4.82. The zero-order valence-corrected chi connectivity index (χ0v) is 9.31. The molecule has 0 radical (unpaired) electrons. The zero-order valence-electron chi connectivity index (χ0n) is 9.31. The van der Waals surface area contributed by atoms with Crippen LogP contribution in [0.4, 0.5) is 26.3 Å². The van der Waals surface area contributed by atoms with Gasteiger partial charge in [-0.05, 0) is 17.7 Å². The van der Waals surface area contributed by atoms with Gasteiger partial charge in [0.2, 0.25) is 0 Å². The molecule has 1 rings (SSSR count). The third kappa shape index (κ3) is 5.54. The number of rotatable bonds is 4. The standard InChI is InChI=1S/C11H8F6O2/c1-2-7-3-4-8(18-6-10(12,13)14)9(5-7)19-11(15,16)17/h2-5H,1,6H2. The Labute approximate surface area is 104 Å². The molecular formula is C11H8F6O2. The van der Waals surface area contributed by atoms with Gasteiger partial charge in [0.25, 0.3) is 0 Å². The number of halogens is 6. The van der Waals surface area contributed by atoms with Crippen molar-refractivity contribution in [2.24, 2.45) is 0 Å². The second-order valence-electron chi connectivity index (χ2n) is 3.36. The van der Waals surface area contributed by atoms with Gasteiger partial charge < -0.3 is 9.47 Å². The summed E-state index contributed by atoms with van der Waals surface area (Å²) in [6, 6.07) is 3.08. The normalized spacial score (nSPS) is 12.1. The Balaban J connectivity index is 2.98. The van der Waals surface area contributed by atoms with Crippen LogP contribution >= 0.6 is 0 Å². The van der Waals surface area contributed by atoms with Crippen molar-refractivity contribution in [2.45, 2.75) is 12.5 Å². The smallest absolute Gasteiger partial charge is 0.480 e. The van der Waals surface area contributed by atoms with Crippen molar-refractivity contribution in [1.82, 2.24) is 0 Å². The van der Waals surface area contributed by atoms with Gasteiger partial charge in [-0.1, -0.05) is 18.7 Å². The number of ether oxygens (including phenoxy) is 2. The highest BCUT2D eigenvalue weighted by atomic mass is 19.4. The van der Waals surface area contributed by atoms with Gasteiger partial charge in [0, 0.05) is 0 Å². The molecule has 0 aliphatic rings. The Morgan fingerprint density at radius 1 is 1.05 bits per heavy atom. The van der Waals surface area contributed by atoms with Gasteiger partial charge in [-0.25, -0.2) is 0 Å². The van der Waals surface area contributed by atoms with Crippen LogP contribution in [-0.2, 0) is 0 Å². The van der Waals surface area contributed by atoms with Crippen molar-refractivity contribution in [1.29, 1.82) is 0 Å². The van der Waals surface area contributed by atoms with Crippen LogP contribution in [0.5, 0.6) is 11.5 Å². The van der Waals surface area contributed by atoms with Gasteiger partial charge in [-0.3, -0.25) is 0 Å². The van der Waals surface area contributed by atoms with E-state index in [0.717, 1.165) is 12.1 Å². The molecule has 8 heteroatoms. The lowest BCUT2D eigenvalue weighted by Gasteiger charge is -2.15. The van der Waals surface area contributed by atoms with Gasteiger partial charge in [0.1, 0.15) is 0 Å². The maximum absolute atomic E-state index is 12.1. The third-order valence-electron chi connectivity index (χ3n) is 1.82. The molecular weight excluding hydrogens is 278 g/mol. The highest BCUT2D eigenvalue weighted by Gasteiger charge is 2.34. The molecule has 106 valence electrons. The highest BCUT2D eigenvalue weighted by Crippen LogP contribution is 2.34. The van der Waals surface area contributed by atoms with Crippen LogP contribution in [-0.4, -0.2) is 19.1 Å². The minimum Gasteiger partial charge on any atom is -0.480 e. The molecule has 0 fully saturated rings. The van der Waals surface area contributed by atoms with Gasteiger partial charge in [-0.15, -0.1) is 13.2 Å². The SMILES string of the molecule is C=Cc1ccc(OCC(F)(F)F)c(OC(F)(F)F)c1. The first-order valence-electron chi connectivity index (χ1n) is 4.82. The van der Waals surface area contributed by atoms with Crippen molar-refractivity contribution in [3.05, 3.63) is 30.3 Å². The Hall–Kier alpha value is -1.86. The summed E-state index contributed by atoms with van der Waals surface area (Å²) in [5.74, 6) is -1.51. The van der Waals surface area contributed by atoms with Crippen molar-refractivity contribution < 1.29 is 35.8 Å². The summed E-state index contributed by atoms with van der Waals surface area (Å²) in [5, 5.41) is 0. The van der Waals surface area contributed by atoms with Crippen LogP contribution in [0.15, 0.2) is 24.8 Å². The number of alkyl halides is 6. The Morgan fingerprint density at radius 3 is 2.16 bits per heavy atom. The van der Waals surface area contributed by atoms with Crippen molar-refractivity contribution in [3.63, 3.8) is 0 Å². The highest BCUT2D eigenvalue weighted by molar-refractivity contribution is 5.54. The second-order valence-corrected chi connectivity index (χ2v) is 3.36. The molecule has 0 unspecified atom stereocenters. The molecule has 0 saturated heterocycles. The van der Waals surface area contributed by atoms with E-state index in [9.17, 15) is 26.3 Å². The summed E-state index contributed by atoms with van der Waals surface area (Å²) in [4.78, 5) is 0. The number of benzene rings is 1. The Morgan fingerprint density at radius 2 is 1.68 bits per heavy atom. The van der Waals surface area contributed by atoms with E-state index in [1.165, 1.54) is 12.1 Å². The summed E-state index contributed by atoms with van der Waals surface area (Å²) in [6.45, 7) is 1.61. The monoisotopic (exact) mass is 286 g/mol. The quantitative estimate of drug-likeness (QED) is 0.773. The molecule has 19 heavy (non-hydrogen) atoms. The van der Waals surface area contributed by atoms with Crippen LogP contribution in [0.1, 0.15) is 5.56 Å². The lowest BCUT2D eigenvalue weighted by molar-refractivity contribution is -0.275. The fraction of sp³-hybridized carbons (Fsp3) is 0.273. The maximum Gasteiger partial charge on any atom is 0.573 e. The molecule has 0 bridgehead atoms. The Kier molecular flexibility index (Phi) is 4.33. The summed E-state index contributed by atoms with van der Waals surface area (Å²) in [5.41, 5.74) is 0.249. The van der Waals surface area contributed by atoms with Crippen molar-refractivity contribution in [2.75, 3.05) is 6.61 Å². The van der Waals surface area contributed by atoms with E-state index in [-0.39, 0.29) is 5.56 Å². The molecule has 0 aromatic heterocycles. The Bertz CT molecular complexity index is 449. The van der Waals surface area contributed by atoms with E-state index in [1.807, 2.05) is 0 Å².